The van der Waals surface area contributed by atoms with E-state index in [2.05, 4.69) is 31.5 Å². The molecule has 5 nitrogen and oxygen atoms in total. The van der Waals surface area contributed by atoms with E-state index >= 15 is 0 Å². The van der Waals surface area contributed by atoms with Crippen molar-refractivity contribution in [2.75, 3.05) is 11.1 Å². The molecule has 0 aliphatic heterocycles. The second-order valence-corrected chi connectivity index (χ2v) is 6.40. The maximum absolute atomic E-state index is 12.0. The molecule has 0 radical (unpaired) electrons. The number of aromatic nitrogens is 1. The van der Waals surface area contributed by atoms with Crippen LogP contribution in [-0.4, -0.2) is 22.5 Å². The van der Waals surface area contributed by atoms with E-state index in [1.807, 2.05) is 27.7 Å². The van der Waals surface area contributed by atoms with Gasteiger partial charge >= 0.3 is 0 Å². The Morgan fingerprint density at radius 2 is 2.05 bits per heavy atom. The Bertz CT molecular complexity index is 482. The number of nitrogens with zero attached hydrogens (tertiary/aromatic N) is 1. The van der Waals surface area contributed by atoms with E-state index in [9.17, 15) is 4.79 Å². The van der Waals surface area contributed by atoms with Gasteiger partial charge in [-0.15, -0.1) is 0 Å². The lowest BCUT2D eigenvalue weighted by Crippen LogP contribution is -2.47. The Hall–Kier alpha value is -1.30. The predicted octanol–water partition coefficient (Wildman–Crippen LogP) is 2.45. The Labute approximate surface area is 122 Å². The van der Waals surface area contributed by atoms with Crippen molar-refractivity contribution in [3.05, 3.63) is 16.2 Å². The SMILES string of the molecule is Cc1c(N)cnc(NC(C)C(=O)NC(C)(C)C)c1Br. The largest absolute Gasteiger partial charge is 0.397 e. The van der Waals surface area contributed by atoms with Crippen LogP contribution in [-0.2, 0) is 4.79 Å². The molecule has 1 aromatic rings. The fourth-order valence-electron chi connectivity index (χ4n) is 1.44. The Kier molecular flexibility index (Phi) is 4.79. The van der Waals surface area contributed by atoms with Crippen LogP contribution < -0.4 is 16.4 Å². The maximum Gasteiger partial charge on any atom is 0.242 e. The molecule has 1 heterocycles. The van der Waals surface area contributed by atoms with Crippen molar-refractivity contribution < 1.29 is 4.79 Å². The van der Waals surface area contributed by atoms with Crippen molar-refractivity contribution in [3.8, 4) is 0 Å². The van der Waals surface area contributed by atoms with Gasteiger partial charge in [-0.25, -0.2) is 4.98 Å². The summed E-state index contributed by atoms with van der Waals surface area (Å²) in [5.74, 6) is 0.541. The standard InChI is InChI=1S/C13H21BrN4O/c1-7-9(15)6-16-11(10(7)14)17-8(2)12(19)18-13(3,4)5/h6,8H,15H2,1-5H3,(H,16,17)(H,18,19). The van der Waals surface area contributed by atoms with Gasteiger partial charge < -0.3 is 16.4 Å². The zero-order valence-corrected chi connectivity index (χ0v) is 13.6. The average molecular weight is 329 g/mol. The number of pyridine rings is 1. The first kappa shape index (κ1) is 15.8. The minimum absolute atomic E-state index is 0.0734. The molecule has 0 fully saturated rings. The Balaban J connectivity index is 2.80. The Morgan fingerprint density at radius 1 is 1.47 bits per heavy atom. The minimum atomic E-state index is -0.383. The summed E-state index contributed by atoms with van der Waals surface area (Å²) < 4.78 is 0.780. The first-order chi connectivity index (χ1) is 8.61. The third-order valence-corrected chi connectivity index (χ3v) is 3.52. The maximum atomic E-state index is 12.0. The molecule has 0 spiro atoms. The second kappa shape index (κ2) is 5.77. The van der Waals surface area contributed by atoms with Gasteiger partial charge in [0.2, 0.25) is 5.91 Å². The van der Waals surface area contributed by atoms with Crippen molar-refractivity contribution in [3.63, 3.8) is 0 Å². The zero-order chi connectivity index (χ0) is 14.8. The van der Waals surface area contributed by atoms with Crippen LogP contribution in [0.1, 0.15) is 33.3 Å². The fourth-order valence-corrected chi connectivity index (χ4v) is 1.89. The van der Waals surface area contributed by atoms with Crippen molar-refractivity contribution in [2.45, 2.75) is 46.2 Å². The first-order valence-corrected chi connectivity index (χ1v) is 6.90. The Morgan fingerprint density at radius 3 is 2.58 bits per heavy atom. The number of nitrogens with one attached hydrogen (secondary N) is 2. The van der Waals surface area contributed by atoms with Gasteiger partial charge in [0.25, 0.3) is 0 Å². The van der Waals surface area contributed by atoms with Crippen molar-refractivity contribution in [2.24, 2.45) is 0 Å². The first-order valence-electron chi connectivity index (χ1n) is 6.11. The lowest BCUT2D eigenvalue weighted by Gasteiger charge is -2.24. The van der Waals surface area contributed by atoms with E-state index in [-0.39, 0.29) is 17.5 Å². The number of hydrogen-bond acceptors (Lipinski definition) is 4. The van der Waals surface area contributed by atoms with Gasteiger partial charge in [-0.3, -0.25) is 4.79 Å². The van der Waals surface area contributed by atoms with Crippen LogP contribution in [0.15, 0.2) is 10.7 Å². The van der Waals surface area contributed by atoms with E-state index < -0.39 is 0 Å². The molecule has 0 bridgehead atoms. The summed E-state index contributed by atoms with van der Waals surface area (Å²) in [6.45, 7) is 9.52. The minimum Gasteiger partial charge on any atom is -0.397 e. The number of hydrogen-bond donors (Lipinski definition) is 3. The summed E-state index contributed by atoms with van der Waals surface area (Å²) in [7, 11) is 0. The lowest BCUT2D eigenvalue weighted by molar-refractivity contribution is -0.122. The van der Waals surface area contributed by atoms with Gasteiger partial charge in [-0.1, -0.05) is 0 Å². The molecule has 0 aliphatic carbocycles. The molecule has 1 atom stereocenters. The smallest absolute Gasteiger partial charge is 0.242 e. The van der Waals surface area contributed by atoms with Gasteiger partial charge in [-0.2, -0.15) is 0 Å². The number of halogens is 1. The number of rotatable bonds is 3. The predicted molar refractivity (Wildman–Crippen MR) is 82.1 cm³/mol. The highest BCUT2D eigenvalue weighted by atomic mass is 79.9. The molecule has 19 heavy (non-hydrogen) atoms. The van der Waals surface area contributed by atoms with Crippen molar-refractivity contribution >= 4 is 33.3 Å². The van der Waals surface area contributed by atoms with Crippen LogP contribution >= 0.6 is 15.9 Å². The molecular weight excluding hydrogens is 308 g/mol. The quantitative estimate of drug-likeness (QED) is 0.796. The number of carbonyl (C=O) groups is 1. The fraction of sp³-hybridized carbons (Fsp3) is 0.538. The molecular formula is C13H21BrN4O. The molecule has 1 aromatic heterocycles. The van der Waals surface area contributed by atoms with Crippen LogP contribution in [0.25, 0.3) is 0 Å². The zero-order valence-electron chi connectivity index (χ0n) is 12.0. The highest BCUT2D eigenvalue weighted by molar-refractivity contribution is 9.10. The van der Waals surface area contributed by atoms with Crippen LogP contribution in [0.2, 0.25) is 0 Å². The number of carbonyl (C=O) groups excluding carboxylic acids is 1. The van der Waals surface area contributed by atoms with Crippen molar-refractivity contribution in [1.29, 1.82) is 0 Å². The van der Waals surface area contributed by atoms with Crippen LogP contribution in [0.3, 0.4) is 0 Å². The molecule has 1 amide bonds. The number of nitrogens with two attached hydrogens (primary N) is 1. The molecule has 6 heteroatoms. The van der Waals surface area contributed by atoms with Gasteiger partial charge in [0, 0.05) is 5.54 Å². The van der Waals surface area contributed by atoms with Gasteiger partial charge in [0.1, 0.15) is 11.9 Å². The van der Waals surface area contributed by atoms with E-state index in [0.717, 1.165) is 10.0 Å². The van der Waals surface area contributed by atoms with Crippen molar-refractivity contribution in [1.82, 2.24) is 10.3 Å². The molecule has 106 valence electrons. The van der Waals surface area contributed by atoms with Crippen LogP contribution in [0.5, 0.6) is 0 Å². The molecule has 0 saturated carbocycles. The summed E-state index contributed by atoms with van der Waals surface area (Å²) in [4.78, 5) is 16.2. The van der Waals surface area contributed by atoms with Gasteiger partial charge in [0.15, 0.2) is 0 Å². The molecule has 4 N–H and O–H groups in total. The molecule has 0 aromatic carbocycles. The number of anilines is 2. The van der Waals surface area contributed by atoms with Gasteiger partial charge in [0.05, 0.1) is 16.4 Å². The highest BCUT2D eigenvalue weighted by Crippen LogP contribution is 2.28. The van der Waals surface area contributed by atoms with E-state index in [4.69, 9.17) is 5.73 Å². The summed E-state index contributed by atoms with van der Waals surface area (Å²) >= 11 is 3.43. The highest BCUT2D eigenvalue weighted by Gasteiger charge is 2.20. The van der Waals surface area contributed by atoms with E-state index in [0.29, 0.717) is 11.5 Å². The normalized spacial score (nSPS) is 12.9. The van der Waals surface area contributed by atoms with E-state index in [1.165, 1.54) is 0 Å². The number of amides is 1. The van der Waals surface area contributed by atoms with Gasteiger partial charge in [-0.05, 0) is 56.1 Å². The summed E-state index contributed by atoms with van der Waals surface area (Å²) in [5.41, 5.74) is 7.03. The molecule has 0 aliphatic rings. The molecule has 1 unspecified atom stereocenters. The second-order valence-electron chi connectivity index (χ2n) is 5.61. The lowest BCUT2D eigenvalue weighted by atomic mass is 10.1. The van der Waals surface area contributed by atoms with Crippen LogP contribution in [0.4, 0.5) is 11.5 Å². The molecule has 0 saturated heterocycles. The summed E-state index contributed by atoms with van der Waals surface area (Å²) in [6, 6.07) is -0.383. The third-order valence-electron chi connectivity index (χ3n) is 2.55. The molecule has 1 rings (SSSR count). The average Bonchev–Trinajstić information content (AvgIpc) is 2.27. The third kappa shape index (κ3) is 4.38. The summed E-state index contributed by atoms with van der Waals surface area (Å²) in [5, 5.41) is 5.99. The number of nitrogen functional groups attached to an aromatic ring is 1. The monoisotopic (exact) mass is 328 g/mol. The van der Waals surface area contributed by atoms with Crippen LogP contribution in [0, 0.1) is 6.92 Å². The summed E-state index contributed by atoms with van der Waals surface area (Å²) in [6.07, 6.45) is 1.58. The topological polar surface area (TPSA) is 80.0 Å². The van der Waals surface area contributed by atoms with E-state index in [1.54, 1.807) is 13.1 Å².